The third kappa shape index (κ3) is 2.55. The number of hydrogen-bond acceptors (Lipinski definition) is 3. The molecule has 1 saturated heterocycles. The summed E-state index contributed by atoms with van der Waals surface area (Å²) in [5.74, 6) is 0.247. The summed E-state index contributed by atoms with van der Waals surface area (Å²) in [5, 5.41) is 11.5. The normalized spacial score (nSPS) is 25.3. The Labute approximate surface area is 77.2 Å². The van der Waals surface area contributed by atoms with E-state index in [1.165, 1.54) is 0 Å². The number of halogens is 1. The van der Waals surface area contributed by atoms with Gasteiger partial charge in [0.15, 0.2) is 5.84 Å². The van der Waals surface area contributed by atoms with Crippen molar-refractivity contribution in [3.63, 3.8) is 0 Å². The Morgan fingerprint density at radius 3 is 3.08 bits per heavy atom. The molecule has 1 unspecified atom stereocenters. The average Bonchev–Trinajstić information content (AvgIpc) is 2.61. The summed E-state index contributed by atoms with van der Waals surface area (Å²) in [4.78, 5) is 2.06. The molecule has 0 bridgehead atoms. The van der Waals surface area contributed by atoms with E-state index < -0.39 is 0 Å². The van der Waals surface area contributed by atoms with Gasteiger partial charge in [-0.2, -0.15) is 0 Å². The summed E-state index contributed by atoms with van der Waals surface area (Å²) in [7, 11) is 0. The van der Waals surface area contributed by atoms with Gasteiger partial charge in [0.25, 0.3) is 0 Å². The number of hydrogen-bond donors (Lipinski definition) is 2. The molecule has 1 heterocycles. The van der Waals surface area contributed by atoms with Crippen LogP contribution < -0.4 is 5.73 Å². The first-order valence-electron chi connectivity index (χ1n) is 4.57. The molecule has 13 heavy (non-hydrogen) atoms. The molecule has 1 aliphatic rings. The van der Waals surface area contributed by atoms with Gasteiger partial charge in [-0.1, -0.05) is 5.16 Å². The van der Waals surface area contributed by atoms with Gasteiger partial charge in [-0.05, 0) is 25.8 Å². The highest BCUT2D eigenvalue weighted by Crippen LogP contribution is 2.17. The van der Waals surface area contributed by atoms with Gasteiger partial charge in [-0.3, -0.25) is 9.29 Å². The van der Waals surface area contributed by atoms with Gasteiger partial charge >= 0.3 is 0 Å². The maximum atomic E-state index is 11.9. The molecule has 0 amide bonds. The molecule has 3 N–H and O–H groups in total. The summed E-state index contributed by atoms with van der Waals surface area (Å²) in [6, 6.07) is 0.0107. The molecule has 0 aliphatic carbocycles. The second-order valence-electron chi connectivity index (χ2n) is 3.26. The molecule has 1 fully saturated rings. The standard InChI is InChI=1S/C8H16FN3O/c9-4-2-6-12-5-1-3-7(12)8(10)11-13/h7,13H,1-6H2,(H2,10,11). The van der Waals surface area contributed by atoms with Crippen LogP contribution in [0.3, 0.4) is 0 Å². The Kier molecular flexibility index (Phi) is 3.95. The monoisotopic (exact) mass is 189 g/mol. The first kappa shape index (κ1) is 10.2. The van der Waals surface area contributed by atoms with Crippen molar-refractivity contribution >= 4 is 5.84 Å². The lowest BCUT2D eigenvalue weighted by molar-refractivity contribution is 0.268. The van der Waals surface area contributed by atoms with Crippen LogP contribution in [0, 0.1) is 0 Å². The minimum atomic E-state index is -0.306. The van der Waals surface area contributed by atoms with Crippen LogP contribution in [0.15, 0.2) is 5.16 Å². The van der Waals surface area contributed by atoms with E-state index in [0.717, 1.165) is 19.4 Å². The molecule has 1 atom stereocenters. The Hall–Kier alpha value is -0.840. The van der Waals surface area contributed by atoms with E-state index in [1.807, 2.05) is 0 Å². The Morgan fingerprint density at radius 1 is 1.69 bits per heavy atom. The lowest BCUT2D eigenvalue weighted by Crippen LogP contribution is -2.41. The summed E-state index contributed by atoms with van der Waals surface area (Å²) in [6.07, 6.45) is 2.46. The largest absolute Gasteiger partial charge is 0.409 e. The van der Waals surface area contributed by atoms with Crippen LogP contribution in [-0.4, -0.2) is 41.7 Å². The highest BCUT2D eigenvalue weighted by molar-refractivity contribution is 5.85. The maximum absolute atomic E-state index is 11.9. The molecule has 0 aromatic carbocycles. The first-order chi connectivity index (χ1) is 6.29. The molecular formula is C8H16FN3O. The second-order valence-corrected chi connectivity index (χ2v) is 3.26. The van der Waals surface area contributed by atoms with Crippen molar-refractivity contribution in [2.24, 2.45) is 10.9 Å². The van der Waals surface area contributed by atoms with Crippen molar-refractivity contribution in [2.75, 3.05) is 19.8 Å². The van der Waals surface area contributed by atoms with E-state index in [4.69, 9.17) is 10.9 Å². The zero-order valence-electron chi connectivity index (χ0n) is 7.62. The van der Waals surface area contributed by atoms with Crippen molar-refractivity contribution in [3.8, 4) is 0 Å². The van der Waals surface area contributed by atoms with Gasteiger partial charge in [0.1, 0.15) is 0 Å². The van der Waals surface area contributed by atoms with Crippen LogP contribution in [0.4, 0.5) is 4.39 Å². The smallest absolute Gasteiger partial charge is 0.156 e. The summed E-state index contributed by atoms with van der Waals surface area (Å²) >= 11 is 0. The van der Waals surface area contributed by atoms with Crippen molar-refractivity contribution in [3.05, 3.63) is 0 Å². The SMILES string of the molecule is NC(=NO)C1CCCN1CCCF. The molecule has 1 rings (SSSR count). The van der Waals surface area contributed by atoms with E-state index in [1.54, 1.807) is 0 Å². The lowest BCUT2D eigenvalue weighted by Gasteiger charge is -2.22. The van der Waals surface area contributed by atoms with Crippen LogP contribution >= 0.6 is 0 Å². The van der Waals surface area contributed by atoms with E-state index in [9.17, 15) is 4.39 Å². The van der Waals surface area contributed by atoms with Gasteiger partial charge in [0.05, 0.1) is 12.7 Å². The number of oxime groups is 1. The zero-order chi connectivity index (χ0) is 9.68. The van der Waals surface area contributed by atoms with Gasteiger partial charge in [0, 0.05) is 6.54 Å². The predicted octanol–water partition coefficient (Wildman–Crippen LogP) is 0.557. The topological polar surface area (TPSA) is 61.9 Å². The quantitative estimate of drug-likeness (QED) is 0.294. The molecule has 0 aromatic rings. The minimum Gasteiger partial charge on any atom is -0.409 e. The molecule has 5 heteroatoms. The number of nitrogens with two attached hydrogens (primary N) is 1. The number of likely N-dealkylation sites (tertiary alicyclic amines) is 1. The molecule has 0 spiro atoms. The highest BCUT2D eigenvalue weighted by atomic mass is 19.1. The fourth-order valence-electron chi connectivity index (χ4n) is 1.76. The molecule has 1 aliphatic heterocycles. The summed E-state index contributed by atoms with van der Waals surface area (Å²) in [6.45, 7) is 1.30. The number of alkyl halides is 1. The van der Waals surface area contributed by atoms with Crippen molar-refractivity contribution in [2.45, 2.75) is 25.3 Å². The first-order valence-corrected chi connectivity index (χ1v) is 4.57. The van der Waals surface area contributed by atoms with Crippen LogP contribution in [0.1, 0.15) is 19.3 Å². The molecule has 0 saturated carbocycles. The van der Waals surface area contributed by atoms with Crippen LogP contribution in [-0.2, 0) is 0 Å². The zero-order valence-corrected chi connectivity index (χ0v) is 7.62. The third-order valence-corrected chi connectivity index (χ3v) is 2.40. The number of amidine groups is 1. The molecular weight excluding hydrogens is 173 g/mol. The van der Waals surface area contributed by atoms with E-state index in [2.05, 4.69) is 10.1 Å². The van der Waals surface area contributed by atoms with Crippen molar-refractivity contribution in [1.82, 2.24) is 4.90 Å². The van der Waals surface area contributed by atoms with E-state index in [0.29, 0.717) is 13.0 Å². The van der Waals surface area contributed by atoms with Gasteiger partial charge < -0.3 is 10.9 Å². The van der Waals surface area contributed by atoms with E-state index >= 15 is 0 Å². The Bertz CT molecular complexity index is 186. The fraction of sp³-hybridized carbons (Fsp3) is 0.875. The lowest BCUT2D eigenvalue weighted by atomic mass is 10.2. The maximum Gasteiger partial charge on any atom is 0.156 e. The fourth-order valence-corrected chi connectivity index (χ4v) is 1.76. The van der Waals surface area contributed by atoms with Crippen molar-refractivity contribution < 1.29 is 9.60 Å². The molecule has 4 nitrogen and oxygen atoms in total. The molecule has 0 radical (unpaired) electrons. The van der Waals surface area contributed by atoms with Gasteiger partial charge in [-0.15, -0.1) is 0 Å². The molecule has 76 valence electrons. The average molecular weight is 189 g/mol. The predicted molar refractivity (Wildman–Crippen MR) is 48.6 cm³/mol. The summed E-state index contributed by atoms with van der Waals surface area (Å²) < 4.78 is 11.9. The van der Waals surface area contributed by atoms with E-state index in [-0.39, 0.29) is 18.6 Å². The van der Waals surface area contributed by atoms with Gasteiger partial charge in [-0.25, -0.2) is 0 Å². The second kappa shape index (κ2) is 5.01. The Morgan fingerprint density at radius 2 is 2.46 bits per heavy atom. The minimum absolute atomic E-state index is 0.0107. The number of rotatable bonds is 4. The number of nitrogens with zero attached hydrogens (tertiary/aromatic N) is 2. The van der Waals surface area contributed by atoms with Crippen LogP contribution in [0.2, 0.25) is 0 Å². The molecule has 0 aromatic heterocycles. The summed E-state index contributed by atoms with van der Waals surface area (Å²) in [5.41, 5.74) is 5.50. The van der Waals surface area contributed by atoms with Crippen molar-refractivity contribution in [1.29, 1.82) is 0 Å². The van der Waals surface area contributed by atoms with Gasteiger partial charge in [0.2, 0.25) is 0 Å². The highest BCUT2D eigenvalue weighted by Gasteiger charge is 2.27. The Balaban J connectivity index is 2.44. The van der Waals surface area contributed by atoms with Crippen LogP contribution in [0.25, 0.3) is 0 Å². The third-order valence-electron chi connectivity index (χ3n) is 2.40. The van der Waals surface area contributed by atoms with Crippen LogP contribution in [0.5, 0.6) is 0 Å².